The summed E-state index contributed by atoms with van der Waals surface area (Å²) in [4.78, 5) is 2.36. The summed E-state index contributed by atoms with van der Waals surface area (Å²) >= 11 is 5.24. The highest BCUT2D eigenvalue weighted by Crippen LogP contribution is 2.13. The van der Waals surface area contributed by atoms with Crippen molar-refractivity contribution in [1.82, 2.24) is 15.6 Å². The number of nitrogens with zero attached hydrogens (tertiary/aromatic N) is 2. The van der Waals surface area contributed by atoms with Crippen molar-refractivity contribution in [2.75, 3.05) is 39.4 Å². The van der Waals surface area contributed by atoms with Gasteiger partial charge in [0, 0.05) is 26.2 Å². The van der Waals surface area contributed by atoms with Crippen LogP contribution in [0.25, 0.3) is 0 Å². The van der Waals surface area contributed by atoms with Crippen LogP contribution in [0.2, 0.25) is 0 Å². The first kappa shape index (κ1) is 17.8. The van der Waals surface area contributed by atoms with E-state index in [1.165, 1.54) is 16.7 Å². The number of ether oxygens (including phenoxy) is 1. The summed E-state index contributed by atoms with van der Waals surface area (Å²) in [5.74, 6) is 0. The fourth-order valence-corrected chi connectivity index (χ4v) is 2.63. The van der Waals surface area contributed by atoms with E-state index in [4.69, 9.17) is 17.0 Å². The van der Waals surface area contributed by atoms with E-state index in [1.54, 1.807) is 0 Å². The summed E-state index contributed by atoms with van der Waals surface area (Å²) in [6, 6.07) is 4.32. The first-order chi connectivity index (χ1) is 11.1. The fraction of sp³-hybridized carbons (Fsp3) is 0.529. The summed E-state index contributed by atoms with van der Waals surface area (Å²) < 4.78 is 5.33. The van der Waals surface area contributed by atoms with Gasteiger partial charge in [-0.3, -0.25) is 10.3 Å². The average molecular weight is 334 g/mol. The van der Waals surface area contributed by atoms with E-state index in [2.05, 4.69) is 53.6 Å². The Morgan fingerprint density at radius 3 is 2.65 bits per heavy atom. The number of benzene rings is 1. The molecule has 1 aliphatic heterocycles. The number of hydrogen-bond acceptors (Lipinski definition) is 4. The van der Waals surface area contributed by atoms with Gasteiger partial charge < -0.3 is 10.1 Å². The highest BCUT2D eigenvalue weighted by atomic mass is 32.1. The van der Waals surface area contributed by atoms with Crippen molar-refractivity contribution in [3.8, 4) is 0 Å². The van der Waals surface area contributed by atoms with E-state index in [0.717, 1.165) is 45.0 Å². The number of morpholine rings is 1. The molecule has 23 heavy (non-hydrogen) atoms. The zero-order valence-corrected chi connectivity index (χ0v) is 15.0. The third-order valence-electron chi connectivity index (χ3n) is 4.07. The maximum absolute atomic E-state index is 5.33. The third kappa shape index (κ3) is 5.89. The van der Waals surface area contributed by atoms with Crippen LogP contribution in [0.4, 0.5) is 0 Å². The summed E-state index contributed by atoms with van der Waals surface area (Å²) in [5.41, 5.74) is 7.76. The summed E-state index contributed by atoms with van der Waals surface area (Å²) in [6.45, 7) is 11.7. The van der Waals surface area contributed by atoms with E-state index in [-0.39, 0.29) is 0 Å². The maximum Gasteiger partial charge on any atom is 0.187 e. The van der Waals surface area contributed by atoms with Crippen LogP contribution in [0.15, 0.2) is 17.2 Å². The lowest BCUT2D eigenvalue weighted by Crippen LogP contribution is -2.42. The Balaban J connectivity index is 1.72. The Labute approximate surface area is 144 Å². The largest absolute Gasteiger partial charge is 0.379 e. The monoisotopic (exact) mass is 334 g/mol. The van der Waals surface area contributed by atoms with Crippen molar-refractivity contribution < 1.29 is 4.74 Å². The smallest absolute Gasteiger partial charge is 0.187 e. The molecule has 1 fully saturated rings. The molecule has 0 bridgehead atoms. The van der Waals surface area contributed by atoms with Crippen LogP contribution in [0.5, 0.6) is 0 Å². The molecule has 2 rings (SSSR count). The topological polar surface area (TPSA) is 48.9 Å². The third-order valence-corrected chi connectivity index (χ3v) is 4.31. The molecule has 0 amide bonds. The van der Waals surface area contributed by atoms with Crippen LogP contribution in [0, 0.1) is 20.8 Å². The van der Waals surface area contributed by atoms with Gasteiger partial charge in [-0.1, -0.05) is 6.07 Å². The first-order valence-corrected chi connectivity index (χ1v) is 8.42. The lowest BCUT2D eigenvalue weighted by atomic mass is 10.0. The maximum atomic E-state index is 5.33. The van der Waals surface area contributed by atoms with Gasteiger partial charge in [-0.15, -0.1) is 0 Å². The summed E-state index contributed by atoms with van der Waals surface area (Å²) in [6.07, 6.45) is 1.82. The Kier molecular flexibility index (Phi) is 6.95. The van der Waals surface area contributed by atoms with Gasteiger partial charge in [-0.2, -0.15) is 5.10 Å². The van der Waals surface area contributed by atoms with Crippen LogP contribution in [-0.2, 0) is 4.74 Å². The number of hydrazone groups is 1. The molecule has 1 saturated heterocycles. The van der Waals surface area contributed by atoms with E-state index in [1.807, 2.05) is 6.21 Å². The minimum Gasteiger partial charge on any atom is -0.379 e. The van der Waals surface area contributed by atoms with Gasteiger partial charge in [-0.25, -0.2) is 0 Å². The number of hydrogen-bond donors (Lipinski definition) is 2. The van der Waals surface area contributed by atoms with Crippen LogP contribution >= 0.6 is 12.2 Å². The highest BCUT2D eigenvalue weighted by Gasteiger charge is 2.09. The normalized spacial score (nSPS) is 15.8. The van der Waals surface area contributed by atoms with Crippen molar-refractivity contribution in [2.45, 2.75) is 20.8 Å². The van der Waals surface area contributed by atoms with Crippen molar-refractivity contribution in [1.29, 1.82) is 0 Å². The van der Waals surface area contributed by atoms with Gasteiger partial charge in [-0.05, 0) is 61.3 Å². The van der Waals surface area contributed by atoms with Gasteiger partial charge in [0.15, 0.2) is 5.11 Å². The molecule has 6 heteroatoms. The molecule has 1 aromatic carbocycles. The molecule has 0 spiro atoms. The van der Waals surface area contributed by atoms with Crippen molar-refractivity contribution in [2.24, 2.45) is 5.10 Å². The quantitative estimate of drug-likeness (QED) is 0.488. The second-order valence-electron chi connectivity index (χ2n) is 5.87. The lowest BCUT2D eigenvalue weighted by Gasteiger charge is -2.26. The lowest BCUT2D eigenvalue weighted by molar-refractivity contribution is 0.0389. The van der Waals surface area contributed by atoms with Gasteiger partial charge in [0.2, 0.25) is 0 Å². The van der Waals surface area contributed by atoms with Crippen molar-refractivity contribution in [3.05, 3.63) is 34.4 Å². The molecule has 1 heterocycles. The standard InChI is InChI=1S/C17H26N4OS/c1-13-10-15(3)16(11-14(13)2)12-19-20-17(23)18-4-5-21-6-8-22-9-7-21/h10-12H,4-9H2,1-3H3,(H2,18,20,23)/b19-12-. The molecule has 5 nitrogen and oxygen atoms in total. The molecule has 0 atom stereocenters. The van der Waals surface area contributed by atoms with Crippen molar-refractivity contribution >= 4 is 23.5 Å². The molecule has 0 radical (unpaired) electrons. The van der Waals surface area contributed by atoms with Gasteiger partial charge in [0.1, 0.15) is 0 Å². The SMILES string of the molecule is Cc1cc(C)c(/C=N\NC(=S)NCCN2CCOCC2)cc1C. The number of nitrogens with one attached hydrogen (secondary N) is 2. The van der Waals surface area contributed by atoms with E-state index in [9.17, 15) is 0 Å². The molecule has 2 N–H and O–H groups in total. The Bertz CT molecular complexity index is 568. The minimum atomic E-state index is 0.552. The van der Waals surface area contributed by atoms with E-state index < -0.39 is 0 Å². The molecular formula is C17H26N4OS. The fourth-order valence-electron chi connectivity index (χ4n) is 2.47. The molecular weight excluding hydrogens is 308 g/mol. The van der Waals surface area contributed by atoms with Crippen molar-refractivity contribution in [3.63, 3.8) is 0 Å². The molecule has 1 aromatic rings. The molecule has 126 valence electrons. The summed E-state index contributed by atoms with van der Waals surface area (Å²) in [5, 5.41) is 7.95. The number of thiocarbonyl (C=S) groups is 1. The molecule has 0 aliphatic carbocycles. The highest BCUT2D eigenvalue weighted by molar-refractivity contribution is 7.80. The molecule has 0 aromatic heterocycles. The van der Waals surface area contributed by atoms with Gasteiger partial charge in [0.05, 0.1) is 19.4 Å². The zero-order chi connectivity index (χ0) is 16.7. The predicted octanol–water partition coefficient (Wildman–Crippen LogP) is 1.74. The second-order valence-corrected chi connectivity index (χ2v) is 6.28. The molecule has 0 saturated carbocycles. The molecule has 0 unspecified atom stereocenters. The Morgan fingerprint density at radius 2 is 1.91 bits per heavy atom. The Morgan fingerprint density at radius 1 is 1.22 bits per heavy atom. The average Bonchev–Trinajstić information content (AvgIpc) is 2.53. The van der Waals surface area contributed by atoms with E-state index in [0.29, 0.717) is 5.11 Å². The van der Waals surface area contributed by atoms with E-state index >= 15 is 0 Å². The second kappa shape index (κ2) is 8.96. The van der Waals surface area contributed by atoms with Crippen LogP contribution in [0.3, 0.4) is 0 Å². The van der Waals surface area contributed by atoms with Crippen LogP contribution in [-0.4, -0.2) is 55.6 Å². The van der Waals surface area contributed by atoms with Gasteiger partial charge >= 0.3 is 0 Å². The first-order valence-electron chi connectivity index (χ1n) is 8.01. The minimum absolute atomic E-state index is 0.552. The zero-order valence-electron chi connectivity index (χ0n) is 14.2. The van der Waals surface area contributed by atoms with Crippen LogP contribution in [0.1, 0.15) is 22.3 Å². The number of rotatable bonds is 5. The van der Waals surface area contributed by atoms with Crippen LogP contribution < -0.4 is 10.7 Å². The number of aryl methyl sites for hydroxylation is 3. The molecule has 1 aliphatic rings. The Hall–Kier alpha value is -1.50. The van der Waals surface area contributed by atoms with Gasteiger partial charge in [0.25, 0.3) is 0 Å². The predicted molar refractivity (Wildman–Crippen MR) is 99.2 cm³/mol. The summed E-state index contributed by atoms with van der Waals surface area (Å²) in [7, 11) is 0.